The highest BCUT2D eigenvalue weighted by molar-refractivity contribution is 7.30. The number of rotatable bonds is 5. The average molecular weight is 564 g/mol. The predicted molar refractivity (Wildman–Crippen MR) is 151 cm³/mol. The van der Waals surface area contributed by atoms with Crippen molar-refractivity contribution in [2.45, 2.75) is 0 Å². The van der Waals surface area contributed by atoms with Crippen LogP contribution in [0.2, 0.25) is 8.67 Å². The van der Waals surface area contributed by atoms with E-state index in [4.69, 9.17) is 23.2 Å². The Hall–Kier alpha value is -1.22. The van der Waals surface area contributed by atoms with Crippen molar-refractivity contribution in [1.82, 2.24) is 0 Å². The van der Waals surface area contributed by atoms with E-state index >= 15 is 0 Å². The smallest absolute Gasteiger partial charge is 0.0935 e. The molecular formula is C24H12Cl2S6. The van der Waals surface area contributed by atoms with Gasteiger partial charge in [0, 0.05) is 48.8 Å². The first kappa shape index (κ1) is 21.3. The highest BCUT2D eigenvalue weighted by Crippen LogP contribution is 2.46. The molecule has 6 rings (SSSR count). The van der Waals surface area contributed by atoms with Crippen LogP contribution in [-0.4, -0.2) is 0 Å². The van der Waals surface area contributed by atoms with Gasteiger partial charge in [-0.25, -0.2) is 0 Å². The first-order valence-electron chi connectivity index (χ1n) is 9.54. The maximum absolute atomic E-state index is 6.11. The molecule has 0 unspecified atom stereocenters. The standard InChI is InChI=1S/C24H12Cl2S6/c25-23-11-9-21(31-23)19-7-5-17(29-19)15-3-1-13(27-15)14-2-4-16(28-14)18-6-8-20(30-18)22-10-12-24(26)32-22/h1-12H. The number of thiophene rings is 6. The Morgan fingerprint density at radius 2 is 0.469 bits per heavy atom. The monoisotopic (exact) mass is 562 g/mol. The van der Waals surface area contributed by atoms with Gasteiger partial charge in [0.05, 0.1) is 8.67 Å². The lowest BCUT2D eigenvalue weighted by atomic mass is 10.3. The first-order chi connectivity index (χ1) is 15.6. The largest absolute Gasteiger partial charge is 0.134 e. The van der Waals surface area contributed by atoms with E-state index in [2.05, 4.69) is 60.7 Å². The molecule has 0 N–H and O–H groups in total. The van der Waals surface area contributed by atoms with Crippen LogP contribution in [0.4, 0.5) is 0 Å². The Morgan fingerprint density at radius 1 is 0.281 bits per heavy atom. The molecular weight excluding hydrogens is 552 g/mol. The van der Waals surface area contributed by atoms with Crippen molar-refractivity contribution in [2.75, 3.05) is 0 Å². The van der Waals surface area contributed by atoms with Crippen LogP contribution in [0.5, 0.6) is 0 Å². The Bertz CT molecular complexity index is 1400. The second-order valence-electron chi connectivity index (χ2n) is 6.86. The molecule has 158 valence electrons. The quantitative estimate of drug-likeness (QED) is 0.196. The van der Waals surface area contributed by atoms with Gasteiger partial charge in [-0.1, -0.05) is 23.2 Å². The minimum atomic E-state index is 0.832. The van der Waals surface area contributed by atoms with Crippen molar-refractivity contribution in [3.05, 3.63) is 81.5 Å². The normalized spacial score (nSPS) is 11.4. The summed E-state index contributed by atoms with van der Waals surface area (Å²) < 4.78 is 1.66. The second-order valence-corrected chi connectivity index (χ2v) is 14.6. The zero-order valence-electron chi connectivity index (χ0n) is 16.1. The lowest BCUT2D eigenvalue weighted by molar-refractivity contribution is 1.89. The van der Waals surface area contributed by atoms with Crippen LogP contribution < -0.4 is 0 Å². The molecule has 6 aromatic rings. The molecule has 0 aromatic carbocycles. The maximum Gasteiger partial charge on any atom is 0.0935 e. The summed E-state index contributed by atoms with van der Waals surface area (Å²) in [7, 11) is 0. The highest BCUT2D eigenvalue weighted by atomic mass is 35.5. The third-order valence-corrected chi connectivity index (χ3v) is 12.6. The van der Waals surface area contributed by atoms with E-state index < -0.39 is 0 Å². The Labute approximate surface area is 219 Å². The Morgan fingerprint density at radius 3 is 0.656 bits per heavy atom. The molecule has 0 radical (unpaired) electrons. The molecule has 8 heteroatoms. The fourth-order valence-corrected chi connectivity index (χ4v) is 9.87. The minimum absolute atomic E-state index is 0.832. The van der Waals surface area contributed by atoms with E-state index in [-0.39, 0.29) is 0 Å². The molecule has 0 amide bonds. The van der Waals surface area contributed by atoms with Crippen LogP contribution in [0.25, 0.3) is 48.8 Å². The SMILES string of the molecule is Clc1ccc(-c2ccc(-c3ccc(-c4ccc(-c5ccc(-c6ccc(Cl)s6)s5)s4)s3)s2)s1. The highest BCUT2D eigenvalue weighted by Gasteiger charge is 2.13. The molecule has 0 aliphatic heterocycles. The van der Waals surface area contributed by atoms with Crippen molar-refractivity contribution in [3.8, 4) is 48.8 Å². The van der Waals surface area contributed by atoms with Crippen molar-refractivity contribution < 1.29 is 0 Å². The van der Waals surface area contributed by atoms with Gasteiger partial charge in [-0.2, -0.15) is 0 Å². The van der Waals surface area contributed by atoms with Crippen LogP contribution >= 0.6 is 91.2 Å². The van der Waals surface area contributed by atoms with Crippen LogP contribution in [0.3, 0.4) is 0 Å². The summed E-state index contributed by atoms with van der Waals surface area (Å²) in [5.74, 6) is 0. The molecule has 0 spiro atoms. The summed E-state index contributed by atoms with van der Waals surface area (Å²) in [6, 6.07) is 25.9. The molecule has 0 saturated heterocycles. The van der Waals surface area contributed by atoms with E-state index in [0.29, 0.717) is 0 Å². The van der Waals surface area contributed by atoms with Crippen LogP contribution in [0, 0.1) is 0 Å². The molecule has 0 nitrogen and oxygen atoms in total. The summed E-state index contributed by atoms with van der Waals surface area (Å²) in [6.07, 6.45) is 0. The minimum Gasteiger partial charge on any atom is -0.134 e. The van der Waals surface area contributed by atoms with E-state index in [9.17, 15) is 0 Å². The van der Waals surface area contributed by atoms with Crippen molar-refractivity contribution in [1.29, 1.82) is 0 Å². The summed E-state index contributed by atoms with van der Waals surface area (Å²) in [5.41, 5.74) is 0. The fourth-order valence-electron chi connectivity index (χ4n) is 3.30. The predicted octanol–water partition coefficient (Wildman–Crippen LogP) is 11.7. The second kappa shape index (κ2) is 8.85. The number of halogens is 2. The molecule has 0 fully saturated rings. The third-order valence-electron chi connectivity index (χ3n) is 4.78. The van der Waals surface area contributed by atoms with Gasteiger partial charge in [-0.05, 0) is 72.8 Å². The molecule has 0 saturated carbocycles. The van der Waals surface area contributed by atoms with E-state index in [1.807, 2.05) is 57.5 Å². The fraction of sp³-hybridized carbons (Fsp3) is 0. The summed E-state index contributed by atoms with van der Waals surface area (Å²) in [5, 5.41) is 0. The summed E-state index contributed by atoms with van der Waals surface area (Å²) in [6.45, 7) is 0. The van der Waals surface area contributed by atoms with Gasteiger partial charge >= 0.3 is 0 Å². The van der Waals surface area contributed by atoms with Crippen molar-refractivity contribution in [3.63, 3.8) is 0 Å². The maximum atomic E-state index is 6.11. The number of hydrogen-bond acceptors (Lipinski definition) is 6. The topological polar surface area (TPSA) is 0 Å². The molecule has 6 heterocycles. The lowest BCUT2D eigenvalue weighted by Gasteiger charge is -1.93. The van der Waals surface area contributed by atoms with Crippen LogP contribution in [-0.2, 0) is 0 Å². The van der Waals surface area contributed by atoms with Gasteiger partial charge in [-0.15, -0.1) is 68.0 Å². The zero-order valence-corrected chi connectivity index (χ0v) is 22.5. The first-order valence-corrected chi connectivity index (χ1v) is 15.2. The molecule has 6 aromatic heterocycles. The van der Waals surface area contributed by atoms with Gasteiger partial charge in [0.2, 0.25) is 0 Å². The van der Waals surface area contributed by atoms with Gasteiger partial charge < -0.3 is 0 Å². The van der Waals surface area contributed by atoms with Gasteiger partial charge in [0.25, 0.3) is 0 Å². The third kappa shape index (κ3) is 4.19. The van der Waals surface area contributed by atoms with Gasteiger partial charge in [0.15, 0.2) is 0 Å². The van der Waals surface area contributed by atoms with Gasteiger partial charge in [-0.3, -0.25) is 0 Å². The molecule has 0 aliphatic carbocycles. The van der Waals surface area contributed by atoms with E-state index in [0.717, 1.165) is 8.67 Å². The summed E-state index contributed by atoms with van der Waals surface area (Å²) in [4.78, 5) is 12.8. The number of hydrogen-bond donors (Lipinski definition) is 0. The molecule has 0 atom stereocenters. The van der Waals surface area contributed by atoms with Crippen molar-refractivity contribution >= 4 is 91.2 Å². The van der Waals surface area contributed by atoms with Crippen LogP contribution in [0.15, 0.2) is 72.8 Å². The average Bonchev–Trinajstić information content (AvgIpc) is 3.61. The van der Waals surface area contributed by atoms with E-state index in [1.165, 1.54) is 48.8 Å². The van der Waals surface area contributed by atoms with Crippen LogP contribution in [0.1, 0.15) is 0 Å². The molecule has 0 bridgehead atoms. The Balaban J connectivity index is 1.24. The van der Waals surface area contributed by atoms with Crippen molar-refractivity contribution in [2.24, 2.45) is 0 Å². The zero-order chi connectivity index (χ0) is 21.7. The van der Waals surface area contributed by atoms with E-state index in [1.54, 1.807) is 22.7 Å². The molecule has 0 aliphatic rings. The molecule has 32 heavy (non-hydrogen) atoms. The Kier molecular flexibility index (Phi) is 5.90. The lowest BCUT2D eigenvalue weighted by Crippen LogP contribution is -1.58. The summed E-state index contributed by atoms with van der Waals surface area (Å²) >= 11 is 22.8. The van der Waals surface area contributed by atoms with Gasteiger partial charge in [0.1, 0.15) is 0 Å².